The van der Waals surface area contributed by atoms with Crippen molar-refractivity contribution in [3.8, 4) is 0 Å². The number of rotatable bonds is 3. The van der Waals surface area contributed by atoms with Gasteiger partial charge in [0.05, 0.1) is 12.0 Å². The SMILES string of the molecule is CCN1CCCC(O)(CC(=O)O)CC1. The van der Waals surface area contributed by atoms with Crippen LogP contribution < -0.4 is 0 Å². The highest BCUT2D eigenvalue weighted by atomic mass is 16.4. The maximum atomic E-state index is 10.6. The second kappa shape index (κ2) is 4.75. The Morgan fingerprint density at radius 2 is 2.14 bits per heavy atom. The van der Waals surface area contributed by atoms with Gasteiger partial charge in [0.1, 0.15) is 0 Å². The standard InChI is InChI=1S/C10H19NO3/c1-2-11-6-3-4-10(14,5-7-11)8-9(12)13/h14H,2-8H2,1H3,(H,12,13). The minimum Gasteiger partial charge on any atom is -0.481 e. The molecule has 0 aromatic heterocycles. The lowest BCUT2D eigenvalue weighted by Gasteiger charge is -2.24. The molecule has 1 heterocycles. The van der Waals surface area contributed by atoms with Crippen LogP contribution >= 0.6 is 0 Å². The van der Waals surface area contributed by atoms with Crippen LogP contribution in [-0.4, -0.2) is 46.3 Å². The normalized spacial score (nSPS) is 29.9. The summed E-state index contributed by atoms with van der Waals surface area (Å²) in [7, 11) is 0. The third-order valence-electron chi connectivity index (χ3n) is 2.94. The summed E-state index contributed by atoms with van der Waals surface area (Å²) < 4.78 is 0. The first kappa shape index (κ1) is 11.5. The summed E-state index contributed by atoms with van der Waals surface area (Å²) >= 11 is 0. The van der Waals surface area contributed by atoms with Gasteiger partial charge in [-0.1, -0.05) is 6.92 Å². The van der Waals surface area contributed by atoms with Gasteiger partial charge in [0, 0.05) is 6.54 Å². The van der Waals surface area contributed by atoms with E-state index in [0.717, 1.165) is 26.1 Å². The molecule has 0 aliphatic carbocycles. The van der Waals surface area contributed by atoms with E-state index in [1.165, 1.54) is 0 Å². The van der Waals surface area contributed by atoms with Gasteiger partial charge < -0.3 is 15.1 Å². The van der Waals surface area contributed by atoms with E-state index in [1.807, 2.05) is 0 Å². The molecule has 1 unspecified atom stereocenters. The lowest BCUT2D eigenvalue weighted by molar-refractivity contribution is -0.143. The highest BCUT2D eigenvalue weighted by molar-refractivity contribution is 5.68. The number of aliphatic hydroxyl groups is 1. The second-order valence-electron chi connectivity index (χ2n) is 4.08. The van der Waals surface area contributed by atoms with Crippen molar-refractivity contribution in [2.45, 2.75) is 38.2 Å². The van der Waals surface area contributed by atoms with Crippen molar-refractivity contribution in [2.24, 2.45) is 0 Å². The van der Waals surface area contributed by atoms with Gasteiger partial charge in [-0.3, -0.25) is 4.79 Å². The first-order valence-electron chi connectivity index (χ1n) is 5.22. The Kier molecular flexibility index (Phi) is 3.89. The first-order chi connectivity index (χ1) is 6.56. The number of nitrogens with zero attached hydrogens (tertiary/aromatic N) is 1. The van der Waals surface area contributed by atoms with Gasteiger partial charge in [0.2, 0.25) is 0 Å². The summed E-state index contributed by atoms with van der Waals surface area (Å²) in [6.45, 7) is 4.84. The van der Waals surface area contributed by atoms with Crippen LogP contribution in [0.1, 0.15) is 32.6 Å². The summed E-state index contributed by atoms with van der Waals surface area (Å²) in [4.78, 5) is 12.8. The largest absolute Gasteiger partial charge is 0.481 e. The van der Waals surface area contributed by atoms with Crippen molar-refractivity contribution in [3.05, 3.63) is 0 Å². The number of carbonyl (C=O) groups is 1. The number of carboxylic acids is 1. The molecule has 1 aliphatic rings. The number of carboxylic acid groups (broad SMARTS) is 1. The van der Waals surface area contributed by atoms with Gasteiger partial charge in [-0.2, -0.15) is 0 Å². The third kappa shape index (κ3) is 3.27. The zero-order valence-corrected chi connectivity index (χ0v) is 8.70. The second-order valence-corrected chi connectivity index (χ2v) is 4.08. The van der Waals surface area contributed by atoms with Crippen molar-refractivity contribution in [1.29, 1.82) is 0 Å². The molecule has 2 N–H and O–H groups in total. The minimum absolute atomic E-state index is 0.120. The lowest BCUT2D eigenvalue weighted by atomic mass is 9.91. The Bertz CT molecular complexity index is 208. The maximum absolute atomic E-state index is 10.6. The molecule has 14 heavy (non-hydrogen) atoms. The molecular weight excluding hydrogens is 182 g/mol. The number of likely N-dealkylation sites (tertiary alicyclic amines) is 1. The zero-order valence-electron chi connectivity index (χ0n) is 8.70. The Hall–Kier alpha value is -0.610. The van der Waals surface area contributed by atoms with Gasteiger partial charge in [0.25, 0.3) is 0 Å². The zero-order chi connectivity index (χ0) is 10.6. The predicted molar refractivity (Wildman–Crippen MR) is 53.2 cm³/mol. The highest BCUT2D eigenvalue weighted by Gasteiger charge is 2.31. The average Bonchev–Trinajstić information content (AvgIpc) is 2.26. The van der Waals surface area contributed by atoms with Crippen LogP contribution in [0.4, 0.5) is 0 Å². The molecule has 0 saturated carbocycles. The predicted octanol–water partition coefficient (Wildman–Crippen LogP) is 0.698. The Labute approximate surface area is 84.5 Å². The van der Waals surface area contributed by atoms with E-state index in [4.69, 9.17) is 5.11 Å². The monoisotopic (exact) mass is 201 g/mol. The summed E-state index contributed by atoms with van der Waals surface area (Å²) in [5.74, 6) is -0.905. The van der Waals surface area contributed by atoms with Crippen LogP contribution in [0.25, 0.3) is 0 Å². The van der Waals surface area contributed by atoms with Crippen LogP contribution in [-0.2, 0) is 4.79 Å². The first-order valence-corrected chi connectivity index (χ1v) is 5.22. The Morgan fingerprint density at radius 3 is 2.71 bits per heavy atom. The van der Waals surface area contributed by atoms with Crippen LogP contribution in [0.5, 0.6) is 0 Å². The van der Waals surface area contributed by atoms with Crippen LogP contribution in [0.15, 0.2) is 0 Å². The molecule has 1 saturated heterocycles. The highest BCUT2D eigenvalue weighted by Crippen LogP contribution is 2.25. The minimum atomic E-state index is -0.976. The van der Waals surface area contributed by atoms with Crippen LogP contribution in [0.2, 0.25) is 0 Å². The van der Waals surface area contributed by atoms with E-state index < -0.39 is 11.6 Å². The molecule has 4 nitrogen and oxygen atoms in total. The number of hydrogen-bond donors (Lipinski definition) is 2. The molecular formula is C10H19NO3. The van der Waals surface area contributed by atoms with Gasteiger partial charge in [-0.15, -0.1) is 0 Å². The van der Waals surface area contributed by atoms with Gasteiger partial charge >= 0.3 is 5.97 Å². The van der Waals surface area contributed by atoms with Crippen molar-refractivity contribution in [3.63, 3.8) is 0 Å². The van der Waals surface area contributed by atoms with E-state index in [2.05, 4.69) is 11.8 Å². The fraction of sp³-hybridized carbons (Fsp3) is 0.900. The van der Waals surface area contributed by atoms with Crippen molar-refractivity contribution in [2.75, 3.05) is 19.6 Å². The molecule has 0 spiro atoms. The van der Waals surface area contributed by atoms with Crippen molar-refractivity contribution in [1.82, 2.24) is 4.90 Å². The lowest BCUT2D eigenvalue weighted by Crippen LogP contribution is -2.33. The number of hydrogen-bond acceptors (Lipinski definition) is 3. The summed E-state index contributed by atoms with van der Waals surface area (Å²) in [5.41, 5.74) is -0.976. The summed E-state index contributed by atoms with van der Waals surface area (Å²) in [6.07, 6.45) is 1.95. The van der Waals surface area contributed by atoms with Gasteiger partial charge in [-0.05, 0) is 32.4 Å². The number of aliphatic carboxylic acids is 1. The fourth-order valence-corrected chi connectivity index (χ4v) is 2.01. The Morgan fingerprint density at radius 1 is 1.43 bits per heavy atom. The van der Waals surface area contributed by atoms with E-state index in [-0.39, 0.29) is 6.42 Å². The smallest absolute Gasteiger partial charge is 0.306 e. The Balaban J connectivity index is 2.50. The molecule has 1 rings (SSSR count). The van der Waals surface area contributed by atoms with Gasteiger partial charge in [-0.25, -0.2) is 0 Å². The van der Waals surface area contributed by atoms with E-state index in [1.54, 1.807) is 0 Å². The fourth-order valence-electron chi connectivity index (χ4n) is 2.01. The molecule has 0 aromatic rings. The van der Waals surface area contributed by atoms with E-state index in [0.29, 0.717) is 12.8 Å². The molecule has 1 atom stereocenters. The van der Waals surface area contributed by atoms with E-state index >= 15 is 0 Å². The molecule has 0 amide bonds. The van der Waals surface area contributed by atoms with Gasteiger partial charge in [0.15, 0.2) is 0 Å². The van der Waals surface area contributed by atoms with Crippen molar-refractivity contribution < 1.29 is 15.0 Å². The third-order valence-corrected chi connectivity index (χ3v) is 2.94. The maximum Gasteiger partial charge on any atom is 0.306 e. The molecule has 0 aromatic carbocycles. The summed E-state index contributed by atoms with van der Waals surface area (Å²) in [5, 5.41) is 18.7. The van der Waals surface area contributed by atoms with Crippen molar-refractivity contribution >= 4 is 5.97 Å². The van der Waals surface area contributed by atoms with Crippen LogP contribution in [0.3, 0.4) is 0 Å². The topological polar surface area (TPSA) is 60.8 Å². The molecule has 0 bridgehead atoms. The molecule has 0 radical (unpaired) electrons. The van der Waals surface area contributed by atoms with Crippen LogP contribution in [0, 0.1) is 0 Å². The summed E-state index contributed by atoms with van der Waals surface area (Å²) in [6, 6.07) is 0. The molecule has 1 fully saturated rings. The molecule has 4 heteroatoms. The quantitative estimate of drug-likeness (QED) is 0.705. The molecule has 1 aliphatic heterocycles. The van der Waals surface area contributed by atoms with E-state index in [9.17, 15) is 9.90 Å². The average molecular weight is 201 g/mol. The molecule has 82 valence electrons.